The van der Waals surface area contributed by atoms with Crippen LogP contribution in [0.3, 0.4) is 0 Å². The zero-order valence-electron chi connectivity index (χ0n) is 13.9. The number of carbonyl (C=O) groups excluding carboxylic acids is 1. The van der Waals surface area contributed by atoms with Gasteiger partial charge in [-0.25, -0.2) is 4.79 Å². The monoisotopic (exact) mass is 324 g/mol. The van der Waals surface area contributed by atoms with Gasteiger partial charge >= 0.3 is 24.8 Å². The maximum absolute atomic E-state index is 12.2. The van der Waals surface area contributed by atoms with E-state index in [-0.39, 0.29) is 25.9 Å². The summed E-state index contributed by atoms with van der Waals surface area (Å²) in [5.74, 6) is -0.671. The van der Waals surface area contributed by atoms with Crippen molar-refractivity contribution in [2.45, 2.75) is 43.8 Å². The maximum atomic E-state index is 12.2. The molecule has 1 aromatic rings. The van der Waals surface area contributed by atoms with E-state index < -0.39 is 29.3 Å². The van der Waals surface area contributed by atoms with Crippen LogP contribution in [0.25, 0.3) is 0 Å². The van der Waals surface area contributed by atoms with E-state index in [2.05, 4.69) is 0 Å². The molecular formula is C13H21LiO5SSi. The van der Waals surface area contributed by atoms with Crippen LogP contribution in [-0.2, 0) is 14.5 Å². The summed E-state index contributed by atoms with van der Waals surface area (Å²) >= 11 is 0. The predicted molar refractivity (Wildman–Crippen MR) is 80.0 cm³/mol. The molecule has 1 N–H and O–H groups in total. The van der Waals surface area contributed by atoms with E-state index in [9.17, 15) is 13.2 Å². The SMILES string of the molecule is CC[Si](CC)(CC)OC(=O)c1ccccc1S(=O)(=O)O.[H-].[Li+]. The van der Waals surface area contributed by atoms with Crippen molar-refractivity contribution in [3.05, 3.63) is 29.8 Å². The van der Waals surface area contributed by atoms with E-state index in [0.29, 0.717) is 0 Å². The second-order valence-corrected chi connectivity index (χ2v) is 10.7. The first-order valence-corrected chi connectivity index (χ1v) is 10.6. The van der Waals surface area contributed by atoms with Crippen molar-refractivity contribution < 1.29 is 42.5 Å². The van der Waals surface area contributed by atoms with Crippen molar-refractivity contribution in [1.29, 1.82) is 0 Å². The molecule has 0 saturated heterocycles. The van der Waals surface area contributed by atoms with Crippen molar-refractivity contribution in [3.63, 3.8) is 0 Å². The molecule has 5 nitrogen and oxygen atoms in total. The van der Waals surface area contributed by atoms with Gasteiger partial charge in [-0.05, 0) is 30.3 Å². The summed E-state index contributed by atoms with van der Waals surface area (Å²) in [7, 11) is -6.61. The van der Waals surface area contributed by atoms with Crippen LogP contribution >= 0.6 is 0 Å². The molecule has 0 aliphatic rings. The van der Waals surface area contributed by atoms with Crippen LogP contribution in [0.5, 0.6) is 0 Å². The van der Waals surface area contributed by atoms with Crippen LogP contribution in [0.2, 0.25) is 18.1 Å². The van der Waals surface area contributed by atoms with Gasteiger partial charge in [0.25, 0.3) is 18.4 Å². The Kier molecular flexibility index (Phi) is 7.93. The van der Waals surface area contributed by atoms with Crippen LogP contribution in [0, 0.1) is 0 Å². The average Bonchev–Trinajstić information content (AvgIpc) is 2.44. The maximum Gasteiger partial charge on any atom is 1.00 e. The van der Waals surface area contributed by atoms with Crippen LogP contribution in [-0.4, -0.2) is 27.3 Å². The fourth-order valence-corrected chi connectivity index (χ4v) is 5.19. The fourth-order valence-electron chi connectivity index (χ4n) is 2.08. The third kappa shape index (κ3) is 4.97. The predicted octanol–water partition coefficient (Wildman–Crippen LogP) is 0.212. The van der Waals surface area contributed by atoms with Crippen molar-refractivity contribution in [3.8, 4) is 0 Å². The molecule has 0 unspecified atom stereocenters. The summed E-state index contributed by atoms with van der Waals surface area (Å²) in [6.45, 7) is 5.92. The summed E-state index contributed by atoms with van der Waals surface area (Å²) < 4.78 is 37.4. The minimum Gasteiger partial charge on any atom is -1.00 e. The van der Waals surface area contributed by atoms with Gasteiger partial charge in [-0.2, -0.15) is 8.42 Å². The molecule has 0 fully saturated rings. The number of benzene rings is 1. The summed E-state index contributed by atoms with van der Waals surface area (Å²) in [6.07, 6.45) is 0. The van der Waals surface area contributed by atoms with Crippen LogP contribution in [0.15, 0.2) is 29.2 Å². The third-order valence-corrected chi connectivity index (χ3v) is 9.02. The first kappa shape index (κ1) is 20.4. The summed E-state index contributed by atoms with van der Waals surface area (Å²) in [5, 5.41) is 0. The molecule has 0 spiro atoms. The molecule has 1 aromatic carbocycles. The largest absolute Gasteiger partial charge is 1.00 e. The van der Waals surface area contributed by atoms with Gasteiger partial charge in [0.15, 0.2) is 0 Å². The van der Waals surface area contributed by atoms with Gasteiger partial charge < -0.3 is 5.85 Å². The Morgan fingerprint density at radius 3 is 2.10 bits per heavy atom. The minimum atomic E-state index is -4.44. The quantitative estimate of drug-likeness (QED) is 0.598. The zero-order chi connectivity index (χ0) is 15.4. The van der Waals surface area contributed by atoms with Crippen molar-refractivity contribution in [1.82, 2.24) is 0 Å². The molecule has 8 heteroatoms. The molecule has 0 heterocycles. The standard InChI is InChI=1S/C13H20O5SSi.Li.H/c1-4-20(5-2,6-3)18-13(14)11-9-7-8-10-12(11)19(15,16)17;;/h7-10H,4-6H2,1-3H3,(H,15,16,17);;/q;+1;-1. The number of carbonyl (C=O) groups is 1. The van der Waals surface area contributed by atoms with Crippen molar-refractivity contribution >= 4 is 24.4 Å². The molecule has 0 aromatic heterocycles. The molecule has 0 amide bonds. The Bertz CT molecular complexity index is 582. The van der Waals surface area contributed by atoms with Gasteiger partial charge in [-0.15, -0.1) is 0 Å². The molecule has 21 heavy (non-hydrogen) atoms. The van der Waals surface area contributed by atoms with E-state index >= 15 is 0 Å². The average molecular weight is 324 g/mol. The normalized spacial score (nSPS) is 11.6. The topological polar surface area (TPSA) is 80.7 Å². The molecule has 1 rings (SSSR count). The Morgan fingerprint density at radius 1 is 1.19 bits per heavy atom. The molecule has 0 aliphatic heterocycles. The minimum absolute atomic E-state index is 0. The molecule has 0 saturated carbocycles. The van der Waals surface area contributed by atoms with Crippen molar-refractivity contribution in [2.24, 2.45) is 0 Å². The van der Waals surface area contributed by atoms with Crippen molar-refractivity contribution in [2.75, 3.05) is 0 Å². The number of hydrogen-bond donors (Lipinski definition) is 1. The molecule has 0 atom stereocenters. The second-order valence-electron chi connectivity index (χ2n) is 4.60. The first-order chi connectivity index (χ1) is 9.29. The smallest absolute Gasteiger partial charge is 1.00 e. The Balaban J connectivity index is 0. The molecular weight excluding hydrogens is 303 g/mol. The van der Waals surface area contributed by atoms with Gasteiger partial charge in [0.1, 0.15) is 4.90 Å². The van der Waals surface area contributed by atoms with E-state index in [0.717, 1.165) is 18.1 Å². The third-order valence-electron chi connectivity index (χ3n) is 3.63. The van der Waals surface area contributed by atoms with Gasteiger partial charge in [0.05, 0.1) is 5.56 Å². The number of rotatable bonds is 6. The molecule has 114 valence electrons. The van der Waals surface area contributed by atoms with E-state index in [1.807, 2.05) is 20.8 Å². The summed E-state index contributed by atoms with van der Waals surface area (Å²) in [4.78, 5) is 11.8. The van der Waals surface area contributed by atoms with Gasteiger partial charge in [-0.1, -0.05) is 32.9 Å². The van der Waals surface area contributed by atoms with Gasteiger partial charge in [0.2, 0.25) is 0 Å². The Morgan fingerprint density at radius 2 is 1.67 bits per heavy atom. The van der Waals surface area contributed by atoms with Gasteiger partial charge in [-0.3, -0.25) is 4.55 Å². The second kappa shape index (κ2) is 8.15. The van der Waals surface area contributed by atoms with E-state index in [1.165, 1.54) is 18.2 Å². The first-order valence-electron chi connectivity index (χ1n) is 6.59. The molecule has 0 radical (unpaired) electrons. The Hall–Kier alpha value is -0.586. The van der Waals surface area contributed by atoms with Crippen LogP contribution in [0.4, 0.5) is 0 Å². The van der Waals surface area contributed by atoms with Crippen LogP contribution < -0.4 is 18.9 Å². The zero-order valence-corrected chi connectivity index (χ0v) is 14.7. The summed E-state index contributed by atoms with van der Waals surface area (Å²) in [6, 6.07) is 7.87. The number of hydrogen-bond acceptors (Lipinski definition) is 4. The van der Waals surface area contributed by atoms with Gasteiger partial charge in [0, 0.05) is 0 Å². The molecule has 0 aliphatic carbocycles. The Labute approximate surface area is 140 Å². The van der Waals surface area contributed by atoms with E-state index in [1.54, 1.807) is 6.07 Å². The van der Waals surface area contributed by atoms with E-state index in [4.69, 9.17) is 8.98 Å². The summed E-state index contributed by atoms with van der Waals surface area (Å²) in [5.41, 5.74) is -0.109. The fraction of sp³-hybridized carbons (Fsp3) is 0.462. The van der Waals surface area contributed by atoms with Crippen LogP contribution in [0.1, 0.15) is 32.6 Å². The molecule has 0 bridgehead atoms.